The largest absolute Gasteiger partial charge is 0.389 e. The van der Waals surface area contributed by atoms with E-state index in [0.29, 0.717) is 16.1 Å². The third-order valence-corrected chi connectivity index (χ3v) is 4.11. The molecule has 0 heterocycles. The second-order valence-electron chi connectivity index (χ2n) is 5.07. The third kappa shape index (κ3) is 2.65. The van der Waals surface area contributed by atoms with Gasteiger partial charge in [0.05, 0.1) is 0 Å². The van der Waals surface area contributed by atoms with Crippen molar-refractivity contribution in [3.8, 4) is 0 Å². The fraction of sp³-hybridized carbons (Fsp3) is 0.188. The molecule has 0 saturated carbocycles. The van der Waals surface area contributed by atoms with Gasteiger partial charge in [0.15, 0.2) is 0 Å². The van der Waals surface area contributed by atoms with E-state index in [4.69, 9.17) is 29.6 Å². The Hall–Kier alpha value is -1.58. The fourth-order valence-corrected chi connectivity index (χ4v) is 3.08. The first-order chi connectivity index (χ1) is 9.63. The van der Waals surface area contributed by atoms with E-state index >= 15 is 0 Å². The molecule has 1 aliphatic carbocycles. The third-order valence-electron chi connectivity index (χ3n) is 3.66. The van der Waals surface area contributed by atoms with Crippen LogP contribution in [0.25, 0.3) is 0 Å². The molecule has 2 aromatic rings. The highest BCUT2D eigenvalue weighted by molar-refractivity contribution is 7.80. The molecular weight excluding hydrogens is 288 g/mol. The Kier molecular flexibility index (Phi) is 3.64. The van der Waals surface area contributed by atoms with Crippen molar-refractivity contribution in [1.82, 2.24) is 0 Å². The van der Waals surface area contributed by atoms with Crippen molar-refractivity contribution in [1.29, 1.82) is 0 Å². The van der Waals surface area contributed by atoms with Crippen LogP contribution in [-0.4, -0.2) is 11.0 Å². The smallest absolute Gasteiger partial charge is 0.106 e. The zero-order valence-corrected chi connectivity index (χ0v) is 12.5. The van der Waals surface area contributed by atoms with Gasteiger partial charge >= 0.3 is 0 Å². The summed E-state index contributed by atoms with van der Waals surface area (Å²) in [4.78, 5) is 0.389. The fourth-order valence-electron chi connectivity index (χ4n) is 2.73. The molecule has 0 atom stereocenters. The standard InChI is InChI=1S/C16H15ClN2S/c17-12-5-6-14(16(18)20)15(9-12)19-13-7-10-3-1-2-4-11(10)8-13/h1-6,9,13,19H,7-8H2,(H2,18,20). The van der Waals surface area contributed by atoms with E-state index < -0.39 is 0 Å². The van der Waals surface area contributed by atoms with Crippen LogP contribution in [-0.2, 0) is 12.8 Å². The number of anilines is 1. The lowest BCUT2D eigenvalue weighted by Gasteiger charge is -2.17. The Morgan fingerprint density at radius 1 is 1.15 bits per heavy atom. The molecule has 0 aromatic heterocycles. The van der Waals surface area contributed by atoms with Gasteiger partial charge in [-0.15, -0.1) is 0 Å². The minimum atomic E-state index is 0.360. The SMILES string of the molecule is NC(=S)c1ccc(Cl)cc1NC1Cc2ccccc2C1. The Morgan fingerprint density at radius 2 is 1.80 bits per heavy atom. The van der Waals surface area contributed by atoms with Crippen molar-refractivity contribution in [2.45, 2.75) is 18.9 Å². The van der Waals surface area contributed by atoms with E-state index in [1.807, 2.05) is 18.2 Å². The zero-order valence-electron chi connectivity index (χ0n) is 10.9. The van der Waals surface area contributed by atoms with Gasteiger partial charge in [-0.1, -0.05) is 48.1 Å². The monoisotopic (exact) mass is 302 g/mol. The van der Waals surface area contributed by atoms with Gasteiger partial charge in [0.2, 0.25) is 0 Å². The Labute approximate surface area is 128 Å². The molecule has 2 aromatic carbocycles. The van der Waals surface area contributed by atoms with Crippen LogP contribution in [0.4, 0.5) is 5.69 Å². The second kappa shape index (κ2) is 5.43. The molecule has 20 heavy (non-hydrogen) atoms. The highest BCUT2D eigenvalue weighted by Crippen LogP contribution is 2.27. The predicted octanol–water partition coefficient (Wildman–Crippen LogP) is 3.55. The summed E-state index contributed by atoms with van der Waals surface area (Å²) in [5.74, 6) is 0. The highest BCUT2D eigenvalue weighted by atomic mass is 35.5. The lowest BCUT2D eigenvalue weighted by molar-refractivity contribution is 0.774. The molecule has 0 fully saturated rings. The van der Waals surface area contributed by atoms with E-state index in [0.717, 1.165) is 24.1 Å². The van der Waals surface area contributed by atoms with Crippen LogP contribution in [0, 0.1) is 0 Å². The Bertz CT molecular complexity index is 644. The van der Waals surface area contributed by atoms with Crippen LogP contribution in [0.1, 0.15) is 16.7 Å². The number of hydrogen-bond donors (Lipinski definition) is 2. The normalized spacial score (nSPS) is 14.1. The maximum absolute atomic E-state index is 6.07. The van der Waals surface area contributed by atoms with Crippen LogP contribution >= 0.6 is 23.8 Å². The summed E-state index contributed by atoms with van der Waals surface area (Å²) < 4.78 is 0. The van der Waals surface area contributed by atoms with Gasteiger partial charge < -0.3 is 11.1 Å². The molecule has 0 amide bonds. The van der Waals surface area contributed by atoms with Crippen LogP contribution < -0.4 is 11.1 Å². The molecule has 1 aliphatic rings. The number of hydrogen-bond acceptors (Lipinski definition) is 2. The van der Waals surface area contributed by atoms with Crippen molar-refractivity contribution < 1.29 is 0 Å². The molecule has 0 radical (unpaired) electrons. The number of benzene rings is 2. The van der Waals surface area contributed by atoms with E-state index in [-0.39, 0.29) is 0 Å². The van der Waals surface area contributed by atoms with Crippen LogP contribution in [0.15, 0.2) is 42.5 Å². The van der Waals surface area contributed by atoms with Gasteiger partial charge in [0.25, 0.3) is 0 Å². The minimum absolute atomic E-state index is 0.360. The maximum atomic E-state index is 6.07. The number of halogens is 1. The summed E-state index contributed by atoms with van der Waals surface area (Å²) in [7, 11) is 0. The number of fused-ring (bicyclic) bond motifs is 1. The van der Waals surface area contributed by atoms with Gasteiger partial charge in [-0.3, -0.25) is 0 Å². The summed E-state index contributed by atoms with van der Waals surface area (Å²) in [6.07, 6.45) is 2.03. The van der Waals surface area contributed by atoms with E-state index in [2.05, 4.69) is 29.6 Å². The van der Waals surface area contributed by atoms with Gasteiger partial charge in [-0.25, -0.2) is 0 Å². The molecule has 3 N–H and O–H groups in total. The molecule has 0 spiro atoms. The summed E-state index contributed by atoms with van der Waals surface area (Å²) in [6.45, 7) is 0. The summed E-state index contributed by atoms with van der Waals surface area (Å²) in [6, 6.07) is 14.5. The maximum Gasteiger partial charge on any atom is 0.106 e. The first-order valence-electron chi connectivity index (χ1n) is 6.56. The Morgan fingerprint density at radius 3 is 2.40 bits per heavy atom. The van der Waals surface area contributed by atoms with E-state index in [1.54, 1.807) is 0 Å². The second-order valence-corrected chi connectivity index (χ2v) is 5.95. The lowest BCUT2D eigenvalue weighted by Crippen LogP contribution is -2.22. The number of thiocarbonyl (C=S) groups is 1. The van der Waals surface area contributed by atoms with E-state index in [9.17, 15) is 0 Å². The molecule has 3 rings (SSSR count). The van der Waals surface area contributed by atoms with Crippen molar-refractivity contribution in [3.05, 3.63) is 64.2 Å². The molecule has 0 saturated heterocycles. The number of rotatable bonds is 3. The highest BCUT2D eigenvalue weighted by Gasteiger charge is 2.21. The van der Waals surface area contributed by atoms with Crippen molar-refractivity contribution in [3.63, 3.8) is 0 Å². The molecule has 4 heteroatoms. The van der Waals surface area contributed by atoms with Gasteiger partial charge in [0, 0.05) is 22.3 Å². The van der Waals surface area contributed by atoms with Gasteiger partial charge in [0.1, 0.15) is 4.99 Å². The van der Waals surface area contributed by atoms with Crippen LogP contribution in [0.5, 0.6) is 0 Å². The lowest BCUT2D eigenvalue weighted by atomic mass is 10.1. The number of nitrogens with one attached hydrogen (secondary N) is 1. The summed E-state index contributed by atoms with van der Waals surface area (Å²) >= 11 is 11.2. The summed E-state index contributed by atoms with van der Waals surface area (Å²) in [5, 5.41) is 4.21. The average molecular weight is 303 g/mol. The topological polar surface area (TPSA) is 38.0 Å². The molecule has 0 bridgehead atoms. The van der Waals surface area contributed by atoms with Gasteiger partial charge in [-0.2, -0.15) is 0 Å². The molecule has 0 aliphatic heterocycles. The molecule has 102 valence electrons. The van der Waals surface area contributed by atoms with Crippen molar-refractivity contribution >= 4 is 34.5 Å². The predicted molar refractivity (Wildman–Crippen MR) is 88.6 cm³/mol. The van der Waals surface area contributed by atoms with E-state index in [1.165, 1.54) is 11.1 Å². The average Bonchev–Trinajstić information content (AvgIpc) is 2.80. The zero-order chi connectivity index (χ0) is 14.1. The quantitative estimate of drug-likeness (QED) is 0.852. The number of nitrogens with two attached hydrogens (primary N) is 1. The van der Waals surface area contributed by atoms with Crippen LogP contribution in [0.3, 0.4) is 0 Å². The summed E-state index contributed by atoms with van der Waals surface area (Å²) in [5.41, 5.74) is 10.4. The van der Waals surface area contributed by atoms with Crippen molar-refractivity contribution in [2.24, 2.45) is 5.73 Å². The molecule has 0 unspecified atom stereocenters. The minimum Gasteiger partial charge on any atom is -0.389 e. The Balaban J connectivity index is 1.83. The molecule has 2 nitrogen and oxygen atoms in total. The first-order valence-corrected chi connectivity index (χ1v) is 7.35. The van der Waals surface area contributed by atoms with Gasteiger partial charge in [-0.05, 0) is 42.2 Å². The van der Waals surface area contributed by atoms with Crippen molar-refractivity contribution in [2.75, 3.05) is 5.32 Å². The first kappa shape index (κ1) is 13.4. The molecular formula is C16H15ClN2S. The van der Waals surface area contributed by atoms with Crippen LogP contribution in [0.2, 0.25) is 5.02 Å².